The van der Waals surface area contributed by atoms with Crippen molar-refractivity contribution < 1.29 is 14.1 Å². The van der Waals surface area contributed by atoms with Gasteiger partial charge in [-0.15, -0.1) is 0 Å². The Hall–Kier alpha value is -1.52. The van der Waals surface area contributed by atoms with Crippen LogP contribution in [0.5, 0.6) is 5.88 Å². The Morgan fingerprint density at radius 2 is 2.20 bits per heavy atom. The van der Waals surface area contributed by atoms with Gasteiger partial charge in [0.2, 0.25) is 0 Å². The lowest BCUT2D eigenvalue weighted by molar-refractivity contribution is -0.133. The topological polar surface area (TPSA) is 55.6 Å². The number of nitrogens with zero attached hydrogens (tertiary/aromatic N) is 2. The van der Waals surface area contributed by atoms with Crippen molar-refractivity contribution in [2.24, 2.45) is 0 Å². The smallest absolute Gasteiger partial charge is 0.260 e. The van der Waals surface area contributed by atoms with Crippen LogP contribution in [-0.2, 0) is 4.79 Å². The summed E-state index contributed by atoms with van der Waals surface area (Å²) in [5.41, 5.74) is 0. The molecule has 0 unspecified atom stereocenters. The summed E-state index contributed by atoms with van der Waals surface area (Å²) in [6, 6.07) is 1.65. The van der Waals surface area contributed by atoms with Crippen molar-refractivity contribution in [3.8, 4) is 5.88 Å². The largest absolute Gasteiger partial charge is 0.465 e. The van der Waals surface area contributed by atoms with Crippen LogP contribution in [0.3, 0.4) is 0 Å². The van der Waals surface area contributed by atoms with Crippen LogP contribution in [0.1, 0.15) is 19.6 Å². The van der Waals surface area contributed by atoms with Gasteiger partial charge in [-0.2, -0.15) is 0 Å². The maximum atomic E-state index is 11.5. The number of likely N-dealkylation sites (N-methyl/N-ethyl adjacent to an activating group) is 1. The number of aryl methyl sites for hydroxylation is 1. The van der Waals surface area contributed by atoms with Gasteiger partial charge in [-0.1, -0.05) is 0 Å². The lowest BCUT2D eigenvalue weighted by atomic mass is 10.4. The van der Waals surface area contributed by atoms with Gasteiger partial charge < -0.3 is 14.2 Å². The lowest BCUT2D eigenvalue weighted by Gasteiger charge is -2.17. The molecule has 5 nitrogen and oxygen atoms in total. The van der Waals surface area contributed by atoms with E-state index in [2.05, 4.69) is 5.16 Å². The summed E-state index contributed by atoms with van der Waals surface area (Å²) in [6.45, 7) is 7.02. The number of hydrogen-bond donors (Lipinski definition) is 0. The van der Waals surface area contributed by atoms with E-state index in [0.717, 1.165) is 0 Å². The number of aromatic nitrogens is 1. The number of rotatable bonds is 5. The molecule has 1 amide bonds. The summed E-state index contributed by atoms with van der Waals surface area (Å²) in [6.07, 6.45) is 0. The summed E-state index contributed by atoms with van der Waals surface area (Å²) in [7, 11) is 0. The molecule has 0 aliphatic rings. The Labute approximate surface area is 89.0 Å². The third kappa shape index (κ3) is 3.27. The first-order valence-corrected chi connectivity index (χ1v) is 5.01. The molecule has 0 saturated carbocycles. The molecule has 1 aromatic rings. The summed E-state index contributed by atoms with van der Waals surface area (Å²) in [5, 5.41) is 3.63. The molecule has 84 valence electrons. The molecule has 0 N–H and O–H groups in total. The molecule has 0 aliphatic carbocycles. The molecule has 5 heteroatoms. The summed E-state index contributed by atoms with van der Waals surface area (Å²) < 4.78 is 9.99. The van der Waals surface area contributed by atoms with Crippen molar-refractivity contribution in [3.05, 3.63) is 11.8 Å². The van der Waals surface area contributed by atoms with E-state index in [9.17, 15) is 4.79 Å². The lowest BCUT2D eigenvalue weighted by Crippen LogP contribution is -2.34. The first kappa shape index (κ1) is 11.6. The standard InChI is InChI=1S/C10H16N2O3/c1-4-12(5-2)10(13)7-14-9-6-8(3)15-11-9/h6H,4-5,7H2,1-3H3. The number of hydrogen-bond acceptors (Lipinski definition) is 4. The third-order valence-electron chi connectivity index (χ3n) is 2.07. The summed E-state index contributed by atoms with van der Waals surface area (Å²) in [5.74, 6) is 0.981. The van der Waals surface area contributed by atoms with Crippen LogP contribution in [0.4, 0.5) is 0 Å². The number of ether oxygens (including phenoxy) is 1. The van der Waals surface area contributed by atoms with E-state index >= 15 is 0 Å². The maximum Gasteiger partial charge on any atom is 0.260 e. The molecule has 0 bridgehead atoms. The van der Waals surface area contributed by atoms with Crippen LogP contribution >= 0.6 is 0 Å². The van der Waals surface area contributed by atoms with Gasteiger partial charge in [-0.05, 0) is 25.9 Å². The Balaban J connectivity index is 2.40. The molecule has 0 spiro atoms. The fraction of sp³-hybridized carbons (Fsp3) is 0.600. The first-order valence-electron chi connectivity index (χ1n) is 5.01. The average Bonchev–Trinajstić information content (AvgIpc) is 2.63. The SMILES string of the molecule is CCN(CC)C(=O)COc1cc(C)on1. The van der Waals surface area contributed by atoms with Crippen molar-refractivity contribution in [1.29, 1.82) is 0 Å². The van der Waals surface area contributed by atoms with Crippen LogP contribution in [0, 0.1) is 6.92 Å². The van der Waals surface area contributed by atoms with Crippen LogP contribution in [0.2, 0.25) is 0 Å². The van der Waals surface area contributed by atoms with E-state index in [1.165, 1.54) is 0 Å². The Morgan fingerprint density at radius 3 is 2.67 bits per heavy atom. The number of carbonyl (C=O) groups is 1. The molecular formula is C10H16N2O3. The van der Waals surface area contributed by atoms with Gasteiger partial charge >= 0.3 is 0 Å². The summed E-state index contributed by atoms with van der Waals surface area (Å²) >= 11 is 0. The molecule has 1 heterocycles. The fourth-order valence-electron chi connectivity index (χ4n) is 1.21. The summed E-state index contributed by atoms with van der Waals surface area (Å²) in [4.78, 5) is 13.2. The first-order chi connectivity index (χ1) is 7.17. The Morgan fingerprint density at radius 1 is 1.53 bits per heavy atom. The highest BCUT2D eigenvalue weighted by molar-refractivity contribution is 5.77. The zero-order valence-corrected chi connectivity index (χ0v) is 9.32. The molecule has 1 aromatic heterocycles. The van der Waals surface area contributed by atoms with Crippen molar-refractivity contribution in [3.63, 3.8) is 0 Å². The molecule has 1 rings (SSSR count). The van der Waals surface area contributed by atoms with Crippen molar-refractivity contribution >= 4 is 5.91 Å². The Kier molecular flexibility index (Phi) is 4.15. The minimum Gasteiger partial charge on any atom is -0.465 e. The predicted molar refractivity (Wildman–Crippen MR) is 54.7 cm³/mol. The zero-order chi connectivity index (χ0) is 11.3. The second-order valence-electron chi connectivity index (χ2n) is 3.13. The van der Waals surface area contributed by atoms with Crippen LogP contribution in [-0.4, -0.2) is 35.7 Å². The Bertz CT molecular complexity index is 318. The average molecular weight is 212 g/mol. The molecule has 0 aromatic carbocycles. The second kappa shape index (κ2) is 5.38. The van der Waals surface area contributed by atoms with Gasteiger partial charge in [-0.3, -0.25) is 4.79 Å². The van der Waals surface area contributed by atoms with Gasteiger partial charge in [-0.25, -0.2) is 0 Å². The van der Waals surface area contributed by atoms with E-state index in [1.807, 2.05) is 13.8 Å². The highest BCUT2D eigenvalue weighted by Crippen LogP contribution is 2.09. The zero-order valence-electron chi connectivity index (χ0n) is 9.32. The quantitative estimate of drug-likeness (QED) is 0.736. The van der Waals surface area contributed by atoms with Gasteiger partial charge in [0.05, 0.1) is 0 Å². The molecule has 0 saturated heterocycles. The molecule has 0 atom stereocenters. The van der Waals surface area contributed by atoms with E-state index in [1.54, 1.807) is 17.9 Å². The highest BCUT2D eigenvalue weighted by Gasteiger charge is 2.11. The normalized spacial score (nSPS) is 10.1. The van der Waals surface area contributed by atoms with E-state index in [-0.39, 0.29) is 12.5 Å². The second-order valence-corrected chi connectivity index (χ2v) is 3.13. The predicted octanol–water partition coefficient (Wildman–Crippen LogP) is 1.23. The van der Waals surface area contributed by atoms with Crippen LogP contribution < -0.4 is 4.74 Å². The monoisotopic (exact) mass is 212 g/mol. The van der Waals surface area contributed by atoms with Crippen molar-refractivity contribution in [1.82, 2.24) is 10.1 Å². The molecule has 0 aliphatic heterocycles. The third-order valence-corrected chi connectivity index (χ3v) is 2.07. The van der Waals surface area contributed by atoms with Gasteiger partial charge in [0.15, 0.2) is 6.61 Å². The van der Waals surface area contributed by atoms with Crippen molar-refractivity contribution in [2.75, 3.05) is 19.7 Å². The highest BCUT2D eigenvalue weighted by atomic mass is 16.5. The number of amides is 1. The van der Waals surface area contributed by atoms with Gasteiger partial charge in [0.25, 0.3) is 11.8 Å². The maximum absolute atomic E-state index is 11.5. The van der Waals surface area contributed by atoms with E-state index in [0.29, 0.717) is 24.7 Å². The van der Waals surface area contributed by atoms with E-state index in [4.69, 9.17) is 9.26 Å². The van der Waals surface area contributed by atoms with E-state index < -0.39 is 0 Å². The van der Waals surface area contributed by atoms with Crippen LogP contribution in [0.25, 0.3) is 0 Å². The number of carbonyl (C=O) groups excluding carboxylic acids is 1. The van der Waals surface area contributed by atoms with Gasteiger partial charge in [0, 0.05) is 19.2 Å². The van der Waals surface area contributed by atoms with Gasteiger partial charge in [0.1, 0.15) is 5.76 Å². The molecular weight excluding hydrogens is 196 g/mol. The molecule has 0 radical (unpaired) electrons. The fourth-order valence-corrected chi connectivity index (χ4v) is 1.21. The molecule has 0 fully saturated rings. The minimum atomic E-state index is -0.0411. The van der Waals surface area contributed by atoms with Crippen molar-refractivity contribution in [2.45, 2.75) is 20.8 Å². The molecule has 15 heavy (non-hydrogen) atoms. The van der Waals surface area contributed by atoms with Crippen LogP contribution in [0.15, 0.2) is 10.6 Å². The minimum absolute atomic E-state index is 0.00759.